The minimum Gasteiger partial charge on any atom is -0.508 e. The minimum atomic E-state index is -0.353. The number of benzene rings is 1. The van der Waals surface area contributed by atoms with Crippen LogP contribution in [0.15, 0.2) is 18.2 Å². The van der Waals surface area contributed by atoms with Gasteiger partial charge >= 0.3 is 0 Å². The first-order chi connectivity index (χ1) is 9.52. The molecule has 106 valence electrons. The molecule has 1 heterocycles. The predicted molar refractivity (Wildman–Crippen MR) is 70.9 cm³/mol. The van der Waals surface area contributed by atoms with Crippen LogP contribution in [0.5, 0.6) is 5.75 Å². The topological polar surface area (TPSA) is 86.7 Å². The number of hydrogen-bond acceptors (Lipinski definition) is 4. The molecule has 0 fully saturated rings. The lowest BCUT2D eigenvalue weighted by atomic mass is 10.1. The fraction of sp³-hybridized carbons (Fsp3) is 0.357. The number of carbonyl (C=O) groups is 3. The third-order valence-electron chi connectivity index (χ3n) is 3.46. The van der Waals surface area contributed by atoms with Crippen molar-refractivity contribution >= 4 is 18.2 Å². The first kappa shape index (κ1) is 14.0. The SMILES string of the molecule is CC(CCC(=O)NC=O)N1Cc2cc(O)ccc2C1=O. The van der Waals surface area contributed by atoms with E-state index in [2.05, 4.69) is 5.32 Å². The van der Waals surface area contributed by atoms with Crippen molar-refractivity contribution in [3.8, 4) is 5.75 Å². The van der Waals surface area contributed by atoms with E-state index < -0.39 is 0 Å². The van der Waals surface area contributed by atoms with Crippen LogP contribution in [-0.4, -0.2) is 34.3 Å². The molecule has 1 aliphatic rings. The van der Waals surface area contributed by atoms with Gasteiger partial charge in [-0.3, -0.25) is 19.7 Å². The van der Waals surface area contributed by atoms with Crippen molar-refractivity contribution in [1.82, 2.24) is 10.2 Å². The van der Waals surface area contributed by atoms with Gasteiger partial charge in [-0.05, 0) is 37.1 Å². The van der Waals surface area contributed by atoms with E-state index in [-0.39, 0.29) is 30.0 Å². The van der Waals surface area contributed by atoms with E-state index in [1.54, 1.807) is 17.0 Å². The maximum atomic E-state index is 12.2. The lowest BCUT2D eigenvalue weighted by molar-refractivity contribution is -0.125. The zero-order chi connectivity index (χ0) is 14.7. The number of aromatic hydroxyl groups is 1. The number of hydrogen-bond donors (Lipinski definition) is 2. The first-order valence-corrected chi connectivity index (χ1v) is 6.39. The summed E-state index contributed by atoms with van der Waals surface area (Å²) >= 11 is 0. The normalized spacial score (nSPS) is 14.8. The van der Waals surface area contributed by atoms with Crippen molar-refractivity contribution in [1.29, 1.82) is 0 Å². The maximum absolute atomic E-state index is 12.2. The smallest absolute Gasteiger partial charge is 0.254 e. The van der Waals surface area contributed by atoms with Crippen molar-refractivity contribution < 1.29 is 19.5 Å². The average molecular weight is 276 g/mol. The fourth-order valence-electron chi connectivity index (χ4n) is 2.32. The summed E-state index contributed by atoms with van der Waals surface area (Å²) in [6.45, 7) is 2.29. The summed E-state index contributed by atoms with van der Waals surface area (Å²) in [7, 11) is 0. The number of phenolic OH excluding ortho intramolecular Hbond substituents is 1. The second-order valence-electron chi connectivity index (χ2n) is 4.85. The first-order valence-electron chi connectivity index (χ1n) is 6.39. The summed E-state index contributed by atoms with van der Waals surface area (Å²) in [5, 5.41) is 11.5. The van der Waals surface area contributed by atoms with Crippen LogP contribution in [0, 0.1) is 0 Å². The number of imide groups is 1. The van der Waals surface area contributed by atoms with E-state index in [0.29, 0.717) is 24.9 Å². The molecule has 1 aromatic rings. The van der Waals surface area contributed by atoms with Crippen LogP contribution < -0.4 is 5.32 Å². The molecule has 1 atom stereocenters. The molecule has 1 unspecified atom stereocenters. The van der Waals surface area contributed by atoms with Gasteiger partial charge < -0.3 is 10.0 Å². The molecule has 0 bridgehead atoms. The number of phenols is 1. The molecule has 0 spiro atoms. The highest BCUT2D eigenvalue weighted by Crippen LogP contribution is 2.28. The summed E-state index contributed by atoms with van der Waals surface area (Å²) in [5.74, 6) is -0.312. The van der Waals surface area contributed by atoms with Crippen LogP contribution in [0.25, 0.3) is 0 Å². The Labute approximate surface area is 116 Å². The molecule has 0 saturated heterocycles. The molecule has 1 aliphatic heterocycles. The van der Waals surface area contributed by atoms with E-state index in [1.165, 1.54) is 6.07 Å². The summed E-state index contributed by atoms with van der Waals surface area (Å²) < 4.78 is 0. The zero-order valence-corrected chi connectivity index (χ0v) is 11.1. The van der Waals surface area contributed by atoms with Gasteiger partial charge in [0.1, 0.15) is 5.75 Å². The Hall–Kier alpha value is -2.37. The molecule has 0 aliphatic carbocycles. The lowest BCUT2D eigenvalue weighted by Gasteiger charge is -2.23. The standard InChI is InChI=1S/C14H16N2O4/c1-9(2-5-13(19)15-8-17)16-7-10-6-11(18)3-4-12(10)14(16)20/h3-4,6,8-9,18H,2,5,7H2,1H3,(H,15,17,19). The van der Waals surface area contributed by atoms with E-state index in [9.17, 15) is 19.5 Å². The van der Waals surface area contributed by atoms with E-state index in [0.717, 1.165) is 5.56 Å². The van der Waals surface area contributed by atoms with Gasteiger partial charge in [-0.2, -0.15) is 0 Å². The van der Waals surface area contributed by atoms with Gasteiger partial charge in [0.25, 0.3) is 5.91 Å². The second-order valence-corrected chi connectivity index (χ2v) is 4.85. The van der Waals surface area contributed by atoms with Crippen molar-refractivity contribution in [3.05, 3.63) is 29.3 Å². The molecular weight excluding hydrogens is 260 g/mol. The molecule has 2 N–H and O–H groups in total. The van der Waals surface area contributed by atoms with E-state index in [4.69, 9.17) is 0 Å². The van der Waals surface area contributed by atoms with Crippen LogP contribution in [0.3, 0.4) is 0 Å². The van der Waals surface area contributed by atoms with Crippen molar-refractivity contribution in [2.45, 2.75) is 32.4 Å². The van der Waals surface area contributed by atoms with Gasteiger partial charge in [-0.1, -0.05) is 0 Å². The summed E-state index contributed by atoms with van der Waals surface area (Å²) in [6.07, 6.45) is 1.02. The molecule has 6 nitrogen and oxygen atoms in total. The van der Waals surface area contributed by atoms with Gasteiger partial charge in [0, 0.05) is 24.6 Å². The highest BCUT2D eigenvalue weighted by atomic mass is 16.3. The van der Waals surface area contributed by atoms with Crippen LogP contribution >= 0.6 is 0 Å². The molecule has 1 aromatic carbocycles. The maximum Gasteiger partial charge on any atom is 0.254 e. The molecule has 0 saturated carbocycles. The zero-order valence-electron chi connectivity index (χ0n) is 11.1. The summed E-state index contributed by atoms with van der Waals surface area (Å²) in [4.78, 5) is 35.2. The fourth-order valence-corrected chi connectivity index (χ4v) is 2.32. The lowest BCUT2D eigenvalue weighted by Crippen LogP contribution is -2.34. The van der Waals surface area contributed by atoms with Crippen molar-refractivity contribution in [2.75, 3.05) is 0 Å². The Bertz CT molecular complexity index is 556. The summed E-state index contributed by atoms with van der Waals surface area (Å²) in [5.41, 5.74) is 1.38. The van der Waals surface area contributed by atoms with Crippen LogP contribution in [0.4, 0.5) is 0 Å². The third-order valence-corrected chi connectivity index (χ3v) is 3.46. The molecule has 3 amide bonds. The molecule has 0 aromatic heterocycles. The Kier molecular flexibility index (Phi) is 4.02. The van der Waals surface area contributed by atoms with Gasteiger partial charge in [0.05, 0.1) is 0 Å². The molecular formula is C14H16N2O4. The van der Waals surface area contributed by atoms with Gasteiger partial charge in [-0.15, -0.1) is 0 Å². The predicted octanol–water partition coefficient (Wildman–Crippen LogP) is 0.789. The van der Waals surface area contributed by atoms with Crippen LogP contribution in [0.2, 0.25) is 0 Å². The molecule has 6 heteroatoms. The Morgan fingerprint density at radius 1 is 1.55 bits per heavy atom. The molecule has 20 heavy (non-hydrogen) atoms. The molecule has 0 radical (unpaired) electrons. The summed E-state index contributed by atoms with van der Waals surface area (Å²) in [6, 6.07) is 4.56. The number of nitrogens with one attached hydrogen (secondary N) is 1. The third kappa shape index (κ3) is 2.79. The van der Waals surface area contributed by atoms with Gasteiger partial charge in [0.15, 0.2) is 0 Å². The monoisotopic (exact) mass is 276 g/mol. The largest absolute Gasteiger partial charge is 0.508 e. The Balaban J connectivity index is 1.99. The van der Waals surface area contributed by atoms with E-state index in [1.807, 2.05) is 6.92 Å². The number of carbonyl (C=O) groups excluding carboxylic acids is 3. The highest BCUT2D eigenvalue weighted by Gasteiger charge is 2.30. The van der Waals surface area contributed by atoms with Crippen LogP contribution in [-0.2, 0) is 16.1 Å². The van der Waals surface area contributed by atoms with Crippen molar-refractivity contribution in [3.63, 3.8) is 0 Å². The number of rotatable bonds is 5. The quantitative estimate of drug-likeness (QED) is 0.778. The average Bonchev–Trinajstić information content (AvgIpc) is 2.73. The van der Waals surface area contributed by atoms with Gasteiger partial charge in [0.2, 0.25) is 12.3 Å². The minimum absolute atomic E-state index is 0.0942. The highest BCUT2D eigenvalue weighted by molar-refractivity contribution is 5.98. The number of nitrogens with zero attached hydrogens (tertiary/aromatic N) is 1. The second kappa shape index (κ2) is 5.73. The Morgan fingerprint density at radius 2 is 2.30 bits per heavy atom. The molecule has 2 rings (SSSR count). The van der Waals surface area contributed by atoms with E-state index >= 15 is 0 Å². The number of fused-ring (bicyclic) bond motifs is 1. The van der Waals surface area contributed by atoms with Gasteiger partial charge in [-0.25, -0.2) is 0 Å². The van der Waals surface area contributed by atoms with Crippen molar-refractivity contribution in [2.24, 2.45) is 0 Å². The number of amides is 3. The van der Waals surface area contributed by atoms with Crippen LogP contribution in [0.1, 0.15) is 35.7 Å². The Morgan fingerprint density at radius 3 is 3.00 bits per heavy atom.